The summed E-state index contributed by atoms with van der Waals surface area (Å²) < 4.78 is 22.5. The molecule has 0 saturated heterocycles. The Morgan fingerprint density at radius 1 is 0.676 bits per heavy atom. The molecule has 2 aliphatic rings. The van der Waals surface area contributed by atoms with E-state index in [9.17, 15) is 9.59 Å². The molecule has 2 fully saturated rings. The van der Waals surface area contributed by atoms with Crippen molar-refractivity contribution in [1.29, 1.82) is 0 Å². The zero-order valence-corrected chi connectivity index (χ0v) is 48.6. The van der Waals surface area contributed by atoms with Gasteiger partial charge in [-0.25, -0.2) is 29.5 Å². The average Bonchev–Trinajstić information content (AvgIpc) is 4.26. The molecule has 2 aliphatic carbocycles. The molecule has 15 nitrogen and oxygen atoms in total. The molecule has 0 amide bonds. The number of nitrogens with zero attached hydrogens (tertiary/aromatic N) is 5. The fourth-order valence-electron chi connectivity index (χ4n) is 8.77. The van der Waals surface area contributed by atoms with Crippen LogP contribution < -0.4 is 108 Å². The van der Waals surface area contributed by atoms with Crippen molar-refractivity contribution in [3.8, 4) is 45.7 Å². The minimum atomic E-state index is -0.524. The predicted octanol–water partition coefficient (Wildman–Crippen LogP) is 5.69. The first kappa shape index (κ1) is 58.3. The van der Waals surface area contributed by atoms with E-state index in [1.165, 1.54) is 115 Å². The number of hydrogen-bond donors (Lipinski definition) is 1. The standard InChI is InChI=1S/C26H27N3O3.C18H13N3O3.C8H15Br.CH2O3.2K.H/c1-31-26(30)22-17-32-25(28-22)20-13-11-19(12-14-20)24-27-21-9-5-6-10-23(21)29(24)16-15-18-7-3-2-4-8-18;1-23-18(22)15-10-24-17(21-15)12-8-6-11(7-9-12)16-19-13-4-2-3-5-14(13)20-16;9-7-6-8-4-2-1-3-5-8;2-1-4-3;;;/h5-6,9-14,17-18H,2-4,7-8,15-16H2,1H3;2-10H,1H3,(H,19,20);8H,1-7H2;1,3H;;;/q;;;;2*+1;-1/p-1. The second-order valence-electron chi connectivity index (χ2n) is 16.9. The minimum absolute atomic E-state index is 0. The molecule has 4 heterocycles. The molecule has 8 aromatic rings. The van der Waals surface area contributed by atoms with Crippen molar-refractivity contribution in [2.45, 2.75) is 83.6 Å². The van der Waals surface area contributed by atoms with E-state index < -0.39 is 11.9 Å². The number of para-hydroxylation sites is 4. The van der Waals surface area contributed by atoms with Gasteiger partial charge < -0.3 is 39.4 Å². The van der Waals surface area contributed by atoms with Crippen molar-refractivity contribution >= 4 is 56.4 Å². The zero-order chi connectivity index (χ0) is 48.4. The number of H-pyrrole nitrogens is 1. The number of esters is 2. The van der Waals surface area contributed by atoms with E-state index in [2.05, 4.69) is 68.3 Å². The van der Waals surface area contributed by atoms with Crippen LogP contribution in [0.1, 0.15) is 99.5 Å². The summed E-state index contributed by atoms with van der Waals surface area (Å²) in [4.78, 5) is 55.5. The van der Waals surface area contributed by atoms with Crippen molar-refractivity contribution in [3.05, 3.63) is 121 Å². The van der Waals surface area contributed by atoms with Gasteiger partial charge in [-0.2, -0.15) is 0 Å². The maximum Gasteiger partial charge on any atom is 1.00 e. The van der Waals surface area contributed by atoms with Gasteiger partial charge in [0.1, 0.15) is 24.2 Å². The Kier molecular flexibility index (Phi) is 25.1. The molecule has 0 atom stereocenters. The van der Waals surface area contributed by atoms with Gasteiger partial charge in [-0.1, -0.05) is 129 Å². The summed E-state index contributed by atoms with van der Waals surface area (Å²) in [7, 11) is 2.63. The third-order valence-electron chi connectivity index (χ3n) is 12.4. The molecule has 0 aliphatic heterocycles. The topological polar surface area (TPSA) is 201 Å². The fraction of sp³-hybridized carbons (Fsp3) is 0.340. The number of ether oxygens (including phenoxy) is 2. The number of hydrogen-bond acceptors (Lipinski definition) is 13. The maximum absolute atomic E-state index is 11.6. The number of benzene rings is 4. The summed E-state index contributed by atoms with van der Waals surface area (Å²) in [6.45, 7) is 0.796. The Labute approximate surface area is 508 Å². The van der Waals surface area contributed by atoms with Crippen molar-refractivity contribution in [3.63, 3.8) is 0 Å². The number of fused-ring (bicyclic) bond motifs is 2. The number of oxazole rings is 2. The molecule has 0 spiro atoms. The summed E-state index contributed by atoms with van der Waals surface area (Å²) in [5.74, 6) is 3.37. The molecule has 2 saturated carbocycles. The van der Waals surface area contributed by atoms with Crippen LogP contribution in [0.15, 0.2) is 118 Å². The number of aryl methyl sites for hydroxylation is 1. The number of halogens is 1. The average molecular weight is 1080 g/mol. The van der Waals surface area contributed by atoms with Gasteiger partial charge in [0, 0.05) is 34.1 Å². The Balaban J connectivity index is 0.000000247. The molecule has 71 heavy (non-hydrogen) atoms. The number of carbonyl (C=O) groups is 3. The van der Waals surface area contributed by atoms with E-state index in [4.69, 9.17) is 28.6 Å². The number of nitrogens with one attached hydrogen (secondary N) is 1. The van der Waals surface area contributed by atoms with Gasteiger partial charge in [0.2, 0.25) is 11.8 Å². The summed E-state index contributed by atoms with van der Waals surface area (Å²) in [6, 6.07) is 31.8. The third-order valence-corrected chi connectivity index (χ3v) is 12.9. The van der Waals surface area contributed by atoms with Gasteiger partial charge in [-0.15, -0.1) is 0 Å². The van der Waals surface area contributed by atoms with Gasteiger partial charge in [0.05, 0.1) is 36.3 Å². The molecule has 0 bridgehead atoms. The Morgan fingerprint density at radius 2 is 1.15 bits per heavy atom. The number of aromatic amines is 1. The van der Waals surface area contributed by atoms with Crippen LogP contribution in [-0.4, -0.2) is 67.4 Å². The first-order valence-corrected chi connectivity index (χ1v) is 24.4. The molecular formula is C53H57BrK2N6O9. The molecule has 10 rings (SSSR count). The SMILES string of the molecule is BrCCC1CCCCC1.COC(=O)c1coc(-c2ccc(-c3nc4ccccc4[nH]3)cc2)n1.COC(=O)c1coc(-c2ccc(-c3nc4ccccc4n3CCC3CCCCC3)cc2)n1.O=CO[O-].[H-].[K+].[K+]. The number of imidazole rings is 2. The number of rotatable bonds is 12. The Hall–Kier alpha value is -3.64. The first-order valence-electron chi connectivity index (χ1n) is 23.3. The van der Waals surface area contributed by atoms with E-state index in [1.807, 2.05) is 78.9 Å². The van der Waals surface area contributed by atoms with Crippen LogP contribution in [0.5, 0.6) is 0 Å². The quantitative estimate of drug-likeness (QED) is 0.0391. The Morgan fingerprint density at radius 3 is 1.66 bits per heavy atom. The van der Waals surface area contributed by atoms with Crippen molar-refractivity contribution in [1.82, 2.24) is 29.5 Å². The molecule has 362 valence electrons. The minimum Gasteiger partial charge on any atom is -1.00 e. The van der Waals surface area contributed by atoms with Crippen LogP contribution in [0, 0.1) is 11.8 Å². The number of aromatic nitrogens is 6. The largest absolute Gasteiger partial charge is 1.00 e. The summed E-state index contributed by atoms with van der Waals surface area (Å²) in [5, 5.41) is 9.64. The molecule has 0 radical (unpaired) electrons. The first-order chi connectivity index (χ1) is 33.8. The van der Waals surface area contributed by atoms with Crippen LogP contribution in [0.4, 0.5) is 0 Å². The van der Waals surface area contributed by atoms with E-state index in [-0.39, 0.29) is 122 Å². The van der Waals surface area contributed by atoms with E-state index in [1.54, 1.807) is 0 Å². The summed E-state index contributed by atoms with van der Waals surface area (Å²) >= 11 is 3.48. The van der Waals surface area contributed by atoms with Gasteiger partial charge in [-0.05, 0) is 73.2 Å². The van der Waals surface area contributed by atoms with Crippen LogP contribution in [0.2, 0.25) is 0 Å². The van der Waals surface area contributed by atoms with Crippen molar-refractivity contribution < 1.29 is 147 Å². The van der Waals surface area contributed by atoms with Crippen molar-refractivity contribution in [2.24, 2.45) is 11.8 Å². The van der Waals surface area contributed by atoms with Gasteiger partial charge in [0.25, 0.3) is 6.47 Å². The number of alkyl halides is 1. The van der Waals surface area contributed by atoms with Gasteiger partial charge in [-0.3, -0.25) is 4.79 Å². The predicted molar refractivity (Wildman–Crippen MR) is 265 cm³/mol. The van der Waals surface area contributed by atoms with Crippen LogP contribution in [-0.2, 0) is 25.7 Å². The summed E-state index contributed by atoms with van der Waals surface area (Å²) in [5.41, 5.74) is 7.99. The number of methoxy groups -OCH3 is 2. The molecule has 18 heteroatoms. The Bertz CT molecular complexity index is 2840. The van der Waals surface area contributed by atoms with Gasteiger partial charge >= 0.3 is 115 Å². The second kappa shape index (κ2) is 30.5. The fourth-order valence-corrected chi connectivity index (χ4v) is 9.42. The maximum atomic E-state index is 11.6. The van der Waals surface area contributed by atoms with E-state index in [0.717, 1.165) is 68.8 Å². The second-order valence-corrected chi connectivity index (χ2v) is 17.7. The zero-order valence-electron chi connectivity index (χ0n) is 41.8. The number of carbonyl (C=O) groups excluding carboxylic acids is 3. The molecule has 1 N–H and O–H groups in total. The third kappa shape index (κ3) is 16.4. The normalized spacial score (nSPS) is 13.4. The van der Waals surface area contributed by atoms with Crippen LogP contribution in [0.3, 0.4) is 0 Å². The van der Waals surface area contributed by atoms with Gasteiger partial charge in [0.15, 0.2) is 11.4 Å². The molecule has 4 aromatic carbocycles. The molecule has 4 aromatic heterocycles. The van der Waals surface area contributed by atoms with Crippen molar-refractivity contribution in [2.75, 3.05) is 19.5 Å². The van der Waals surface area contributed by atoms with E-state index >= 15 is 0 Å². The summed E-state index contributed by atoms with van der Waals surface area (Å²) in [6.07, 6.45) is 19.4. The van der Waals surface area contributed by atoms with Crippen LogP contribution >= 0.6 is 15.9 Å². The monoisotopic (exact) mass is 1080 g/mol. The van der Waals surface area contributed by atoms with E-state index in [0.29, 0.717) is 11.8 Å². The molecular weight excluding hydrogens is 1020 g/mol. The smallest absolute Gasteiger partial charge is 1.00 e. The molecule has 0 unspecified atom stereocenters. The van der Waals surface area contributed by atoms with Crippen LogP contribution in [0.25, 0.3) is 67.8 Å².